The van der Waals surface area contributed by atoms with Crippen LogP contribution in [0.15, 0.2) is 24.3 Å². The molecule has 0 fully saturated rings. The Morgan fingerprint density at radius 2 is 2.06 bits per heavy atom. The Hall–Kier alpha value is -1.76. The SMILES string of the molecule is CCC(C)(S)NC(=O)Oc1ccc([N+](=O)[O-])cc1. The standard InChI is InChI=1S/C11H14N2O4S/c1-3-11(2,18)12-10(14)17-9-6-4-8(5-7-9)13(15)16/h4-7,18H,3H2,1-2H3,(H,12,14). The number of rotatable bonds is 4. The zero-order valence-corrected chi connectivity index (χ0v) is 10.9. The number of nitro groups is 1. The van der Waals surface area contributed by atoms with Crippen LogP contribution < -0.4 is 10.1 Å². The fourth-order valence-electron chi connectivity index (χ4n) is 1.08. The summed E-state index contributed by atoms with van der Waals surface area (Å²) < 4.78 is 4.97. The topological polar surface area (TPSA) is 81.5 Å². The molecule has 0 aliphatic carbocycles. The minimum atomic E-state index is -0.655. The van der Waals surface area contributed by atoms with Crippen molar-refractivity contribution in [2.75, 3.05) is 0 Å². The van der Waals surface area contributed by atoms with Gasteiger partial charge in [0.15, 0.2) is 0 Å². The zero-order chi connectivity index (χ0) is 13.8. The summed E-state index contributed by atoms with van der Waals surface area (Å²) in [4.78, 5) is 20.7. The van der Waals surface area contributed by atoms with Crippen molar-refractivity contribution in [3.05, 3.63) is 34.4 Å². The van der Waals surface area contributed by atoms with Crippen LogP contribution in [0.1, 0.15) is 20.3 Å². The minimum Gasteiger partial charge on any atom is -0.410 e. The maximum Gasteiger partial charge on any atom is 0.413 e. The molecule has 0 aromatic heterocycles. The number of amides is 1. The third kappa shape index (κ3) is 4.25. The fraction of sp³-hybridized carbons (Fsp3) is 0.364. The van der Waals surface area contributed by atoms with Crippen LogP contribution >= 0.6 is 12.6 Å². The highest BCUT2D eigenvalue weighted by Crippen LogP contribution is 2.18. The average molecular weight is 270 g/mol. The largest absolute Gasteiger partial charge is 0.413 e. The molecule has 1 amide bonds. The van der Waals surface area contributed by atoms with Crippen molar-refractivity contribution in [3.63, 3.8) is 0 Å². The molecule has 1 rings (SSSR count). The van der Waals surface area contributed by atoms with Crippen LogP contribution in [0.25, 0.3) is 0 Å². The summed E-state index contributed by atoms with van der Waals surface area (Å²) in [5.74, 6) is 0.235. The van der Waals surface area contributed by atoms with E-state index in [-0.39, 0.29) is 11.4 Å². The number of benzene rings is 1. The number of hydrogen-bond acceptors (Lipinski definition) is 5. The summed E-state index contributed by atoms with van der Waals surface area (Å²) in [7, 11) is 0. The number of nitrogens with zero attached hydrogens (tertiary/aromatic N) is 1. The maximum atomic E-state index is 11.5. The zero-order valence-electron chi connectivity index (χ0n) is 10.0. The maximum absolute atomic E-state index is 11.5. The van der Waals surface area contributed by atoms with E-state index in [0.717, 1.165) is 0 Å². The Morgan fingerprint density at radius 1 is 1.50 bits per heavy atom. The number of nitro benzene ring substituents is 1. The average Bonchev–Trinajstić information content (AvgIpc) is 2.29. The van der Waals surface area contributed by atoms with Crippen LogP contribution in [0.3, 0.4) is 0 Å². The number of thiol groups is 1. The number of ether oxygens (including phenoxy) is 1. The molecule has 0 saturated carbocycles. The number of carbonyl (C=O) groups is 1. The van der Waals surface area contributed by atoms with Crippen molar-refractivity contribution < 1.29 is 14.5 Å². The smallest absolute Gasteiger partial charge is 0.410 e. The first-order chi connectivity index (χ1) is 8.34. The molecule has 1 aromatic carbocycles. The molecule has 0 aliphatic rings. The van der Waals surface area contributed by atoms with E-state index >= 15 is 0 Å². The van der Waals surface area contributed by atoms with Gasteiger partial charge < -0.3 is 10.1 Å². The fourth-order valence-corrected chi connectivity index (χ4v) is 1.17. The summed E-state index contributed by atoms with van der Waals surface area (Å²) in [6.45, 7) is 3.62. The van der Waals surface area contributed by atoms with Gasteiger partial charge in [-0.05, 0) is 25.5 Å². The van der Waals surface area contributed by atoms with Crippen LogP contribution in [0.4, 0.5) is 10.5 Å². The predicted octanol–water partition coefficient (Wildman–Crippen LogP) is 2.74. The van der Waals surface area contributed by atoms with E-state index in [1.807, 2.05) is 6.92 Å². The summed E-state index contributed by atoms with van der Waals surface area (Å²) in [6, 6.07) is 5.25. The summed E-state index contributed by atoms with van der Waals surface area (Å²) in [5, 5.41) is 13.0. The predicted molar refractivity (Wildman–Crippen MR) is 69.9 cm³/mol. The first kappa shape index (κ1) is 14.3. The monoisotopic (exact) mass is 270 g/mol. The quantitative estimate of drug-likeness (QED) is 0.381. The van der Waals surface area contributed by atoms with Gasteiger partial charge in [0, 0.05) is 12.1 Å². The van der Waals surface area contributed by atoms with Crippen LogP contribution in [-0.4, -0.2) is 15.9 Å². The first-order valence-corrected chi connectivity index (χ1v) is 5.75. The lowest BCUT2D eigenvalue weighted by Crippen LogP contribution is -2.42. The van der Waals surface area contributed by atoms with Gasteiger partial charge in [0.05, 0.1) is 9.79 Å². The highest BCUT2D eigenvalue weighted by molar-refractivity contribution is 7.81. The van der Waals surface area contributed by atoms with E-state index in [4.69, 9.17) is 4.74 Å². The van der Waals surface area contributed by atoms with Crippen LogP contribution in [0, 0.1) is 10.1 Å². The molecular formula is C11H14N2O4S. The Kier molecular flexibility index (Phi) is 4.55. The second-order valence-electron chi connectivity index (χ2n) is 3.89. The van der Waals surface area contributed by atoms with Gasteiger partial charge in [-0.25, -0.2) is 4.79 Å². The van der Waals surface area contributed by atoms with Gasteiger partial charge in [-0.1, -0.05) is 6.92 Å². The number of hydrogen-bond donors (Lipinski definition) is 2. The van der Waals surface area contributed by atoms with Gasteiger partial charge in [0.25, 0.3) is 5.69 Å². The minimum absolute atomic E-state index is 0.0599. The highest BCUT2D eigenvalue weighted by Gasteiger charge is 2.20. The molecule has 1 atom stereocenters. The second-order valence-corrected chi connectivity index (χ2v) is 4.88. The van der Waals surface area contributed by atoms with E-state index in [1.165, 1.54) is 24.3 Å². The van der Waals surface area contributed by atoms with E-state index < -0.39 is 15.9 Å². The number of carbonyl (C=O) groups excluding carboxylic acids is 1. The number of non-ortho nitro benzene ring substituents is 1. The Labute approximate surface area is 110 Å². The lowest BCUT2D eigenvalue weighted by molar-refractivity contribution is -0.384. The van der Waals surface area contributed by atoms with E-state index in [1.54, 1.807) is 6.92 Å². The van der Waals surface area contributed by atoms with E-state index in [2.05, 4.69) is 17.9 Å². The molecule has 98 valence electrons. The lowest BCUT2D eigenvalue weighted by Gasteiger charge is -2.22. The third-order valence-electron chi connectivity index (χ3n) is 2.32. The molecule has 6 nitrogen and oxygen atoms in total. The van der Waals surface area contributed by atoms with Crippen molar-refractivity contribution in [1.29, 1.82) is 0 Å². The Bertz CT molecular complexity index is 445. The van der Waals surface area contributed by atoms with Crippen LogP contribution in [-0.2, 0) is 0 Å². The molecule has 0 aliphatic heterocycles. The summed E-state index contributed by atoms with van der Waals surface area (Å²) in [6.07, 6.45) is -0.0194. The molecule has 1 N–H and O–H groups in total. The van der Waals surface area contributed by atoms with Crippen molar-refractivity contribution in [1.82, 2.24) is 5.32 Å². The van der Waals surface area contributed by atoms with Crippen molar-refractivity contribution in [3.8, 4) is 5.75 Å². The van der Waals surface area contributed by atoms with Crippen LogP contribution in [0.5, 0.6) is 5.75 Å². The highest BCUT2D eigenvalue weighted by atomic mass is 32.1. The Balaban J connectivity index is 2.63. The summed E-state index contributed by atoms with van der Waals surface area (Å²) in [5.41, 5.74) is -0.0599. The van der Waals surface area contributed by atoms with Crippen molar-refractivity contribution in [2.24, 2.45) is 0 Å². The van der Waals surface area contributed by atoms with Crippen molar-refractivity contribution in [2.45, 2.75) is 25.1 Å². The molecule has 1 aromatic rings. The second kappa shape index (κ2) is 5.72. The van der Waals surface area contributed by atoms with Gasteiger partial charge in [-0.15, -0.1) is 0 Å². The number of nitrogens with one attached hydrogen (secondary N) is 1. The van der Waals surface area contributed by atoms with Gasteiger partial charge in [-0.2, -0.15) is 12.6 Å². The molecule has 0 bridgehead atoms. The molecule has 0 saturated heterocycles. The third-order valence-corrected chi connectivity index (χ3v) is 2.75. The molecular weight excluding hydrogens is 256 g/mol. The molecule has 0 radical (unpaired) electrons. The van der Waals surface area contributed by atoms with Crippen molar-refractivity contribution >= 4 is 24.4 Å². The van der Waals surface area contributed by atoms with Gasteiger partial charge >= 0.3 is 6.09 Å². The molecule has 0 heterocycles. The molecule has 1 unspecified atom stereocenters. The van der Waals surface area contributed by atoms with Crippen LogP contribution in [0.2, 0.25) is 0 Å². The van der Waals surface area contributed by atoms with Gasteiger partial charge in [0.2, 0.25) is 0 Å². The van der Waals surface area contributed by atoms with E-state index in [9.17, 15) is 14.9 Å². The molecule has 0 spiro atoms. The van der Waals surface area contributed by atoms with Gasteiger partial charge in [0.1, 0.15) is 5.75 Å². The molecule has 7 heteroatoms. The first-order valence-electron chi connectivity index (χ1n) is 5.31. The van der Waals surface area contributed by atoms with E-state index in [0.29, 0.717) is 6.42 Å². The molecule has 18 heavy (non-hydrogen) atoms. The van der Waals surface area contributed by atoms with Gasteiger partial charge in [-0.3, -0.25) is 10.1 Å². The normalized spacial score (nSPS) is 13.5. The summed E-state index contributed by atoms with van der Waals surface area (Å²) >= 11 is 4.23. The lowest BCUT2D eigenvalue weighted by atomic mass is 10.2. The Morgan fingerprint density at radius 3 is 2.50 bits per heavy atom.